The molecule has 0 aliphatic carbocycles. The first-order chi connectivity index (χ1) is 11.1. The van der Waals surface area contributed by atoms with E-state index in [0.717, 1.165) is 57.9 Å². The van der Waals surface area contributed by atoms with Crippen molar-refractivity contribution in [1.82, 2.24) is 20.0 Å². The second kappa shape index (κ2) is 7.43. The van der Waals surface area contributed by atoms with E-state index in [0.29, 0.717) is 0 Å². The maximum absolute atomic E-state index is 12.6. The number of rotatable bonds is 3. The van der Waals surface area contributed by atoms with E-state index in [1.165, 1.54) is 5.56 Å². The zero-order valence-corrected chi connectivity index (χ0v) is 14.3. The first kappa shape index (κ1) is 16.4. The standard InChI is InChI=1S/C18H28N4O/c1-15-13-19-7-8-22(15)18(23)17-5-3-16(4-6-17)14-21-11-9-20(2)10-12-21/h3-6,15,19H,7-14H2,1-2H3. The van der Waals surface area contributed by atoms with E-state index in [4.69, 9.17) is 0 Å². The molecule has 0 bridgehead atoms. The van der Waals surface area contributed by atoms with Crippen LogP contribution in [0.25, 0.3) is 0 Å². The number of carbonyl (C=O) groups is 1. The first-order valence-electron chi connectivity index (χ1n) is 8.65. The highest BCUT2D eigenvalue weighted by Crippen LogP contribution is 2.13. The molecular formula is C18H28N4O. The Balaban J connectivity index is 1.59. The predicted octanol–water partition coefficient (Wildman–Crippen LogP) is 0.868. The summed E-state index contributed by atoms with van der Waals surface area (Å²) in [4.78, 5) is 19.5. The molecule has 0 spiro atoms. The van der Waals surface area contributed by atoms with Gasteiger partial charge in [0.25, 0.3) is 5.91 Å². The lowest BCUT2D eigenvalue weighted by Gasteiger charge is -2.34. The summed E-state index contributed by atoms with van der Waals surface area (Å²) in [5.41, 5.74) is 2.10. The van der Waals surface area contributed by atoms with Crippen molar-refractivity contribution >= 4 is 5.91 Å². The molecule has 2 aliphatic heterocycles. The smallest absolute Gasteiger partial charge is 0.254 e. The topological polar surface area (TPSA) is 38.8 Å². The number of benzene rings is 1. The highest BCUT2D eigenvalue weighted by molar-refractivity contribution is 5.94. The summed E-state index contributed by atoms with van der Waals surface area (Å²) >= 11 is 0. The Labute approximate surface area is 139 Å². The molecule has 2 fully saturated rings. The summed E-state index contributed by atoms with van der Waals surface area (Å²) < 4.78 is 0. The SMILES string of the molecule is CC1CNCCN1C(=O)c1ccc(CN2CCN(C)CC2)cc1. The highest BCUT2D eigenvalue weighted by Gasteiger charge is 2.24. The van der Waals surface area contributed by atoms with Crippen molar-refractivity contribution in [3.8, 4) is 0 Å². The number of nitrogens with zero attached hydrogens (tertiary/aromatic N) is 3. The Morgan fingerprint density at radius 3 is 2.48 bits per heavy atom. The summed E-state index contributed by atoms with van der Waals surface area (Å²) in [6, 6.07) is 8.46. The number of hydrogen-bond acceptors (Lipinski definition) is 4. The van der Waals surface area contributed by atoms with Gasteiger partial charge in [-0.05, 0) is 31.7 Å². The Bertz CT molecular complexity index is 522. The van der Waals surface area contributed by atoms with Gasteiger partial charge in [-0.1, -0.05) is 12.1 Å². The number of nitrogens with one attached hydrogen (secondary N) is 1. The van der Waals surface area contributed by atoms with E-state index in [1.54, 1.807) is 0 Å². The van der Waals surface area contributed by atoms with Crippen LogP contribution in [0, 0.1) is 0 Å². The van der Waals surface area contributed by atoms with Crippen molar-refractivity contribution in [2.24, 2.45) is 0 Å². The number of likely N-dealkylation sites (N-methyl/N-ethyl adjacent to an activating group) is 1. The fourth-order valence-electron chi connectivity index (χ4n) is 3.33. The van der Waals surface area contributed by atoms with Crippen LogP contribution in [0.1, 0.15) is 22.8 Å². The Kier molecular flexibility index (Phi) is 5.30. The van der Waals surface area contributed by atoms with E-state index in [-0.39, 0.29) is 11.9 Å². The third-order valence-corrected chi connectivity index (χ3v) is 4.97. The molecule has 1 N–H and O–H groups in total. The molecule has 1 amide bonds. The fraction of sp³-hybridized carbons (Fsp3) is 0.611. The quantitative estimate of drug-likeness (QED) is 0.898. The summed E-state index contributed by atoms with van der Waals surface area (Å²) in [7, 11) is 2.18. The molecule has 1 atom stereocenters. The molecule has 2 heterocycles. The van der Waals surface area contributed by atoms with Crippen LogP contribution in [0.3, 0.4) is 0 Å². The van der Waals surface area contributed by atoms with Crippen LogP contribution >= 0.6 is 0 Å². The average Bonchev–Trinajstić information content (AvgIpc) is 2.57. The van der Waals surface area contributed by atoms with Gasteiger partial charge >= 0.3 is 0 Å². The van der Waals surface area contributed by atoms with Crippen molar-refractivity contribution < 1.29 is 4.79 Å². The van der Waals surface area contributed by atoms with Crippen molar-refractivity contribution in [2.45, 2.75) is 19.5 Å². The lowest BCUT2D eigenvalue weighted by atomic mass is 10.1. The molecule has 1 unspecified atom stereocenters. The minimum atomic E-state index is 0.158. The molecule has 0 radical (unpaired) electrons. The Morgan fingerprint density at radius 1 is 1.13 bits per heavy atom. The maximum atomic E-state index is 12.6. The van der Waals surface area contributed by atoms with Crippen LogP contribution in [0.5, 0.6) is 0 Å². The predicted molar refractivity (Wildman–Crippen MR) is 92.6 cm³/mol. The molecule has 3 rings (SSSR count). The van der Waals surface area contributed by atoms with Gasteiger partial charge in [0.15, 0.2) is 0 Å². The van der Waals surface area contributed by atoms with E-state index < -0.39 is 0 Å². The van der Waals surface area contributed by atoms with Crippen LogP contribution < -0.4 is 5.32 Å². The van der Waals surface area contributed by atoms with E-state index >= 15 is 0 Å². The Morgan fingerprint density at radius 2 is 1.83 bits per heavy atom. The van der Waals surface area contributed by atoms with E-state index in [1.807, 2.05) is 17.0 Å². The van der Waals surface area contributed by atoms with Gasteiger partial charge in [-0.25, -0.2) is 0 Å². The molecule has 1 aromatic carbocycles. The summed E-state index contributed by atoms with van der Waals surface area (Å²) in [5, 5.41) is 3.33. The number of carbonyl (C=O) groups excluding carboxylic acids is 1. The number of piperazine rings is 2. The first-order valence-corrected chi connectivity index (χ1v) is 8.65. The summed E-state index contributed by atoms with van der Waals surface area (Å²) in [5.74, 6) is 0.158. The second-order valence-corrected chi connectivity index (χ2v) is 6.83. The minimum absolute atomic E-state index is 0.158. The van der Waals surface area contributed by atoms with Crippen LogP contribution in [0.2, 0.25) is 0 Å². The molecule has 1 aromatic rings. The largest absolute Gasteiger partial charge is 0.333 e. The molecule has 5 heteroatoms. The van der Waals surface area contributed by atoms with Crippen LogP contribution in [-0.4, -0.2) is 79.5 Å². The van der Waals surface area contributed by atoms with Crippen LogP contribution in [0.15, 0.2) is 24.3 Å². The van der Waals surface area contributed by atoms with Gasteiger partial charge in [0.05, 0.1) is 0 Å². The average molecular weight is 316 g/mol. The van der Waals surface area contributed by atoms with Crippen molar-refractivity contribution in [1.29, 1.82) is 0 Å². The Hall–Kier alpha value is -1.43. The summed E-state index contributed by atoms with van der Waals surface area (Å²) in [6.45, 7) is 10.2. The third-order valence-electron chi connectivity index (χ3n) is 4.97. The molecule has 23 heavy (non-hydrogen) atoms. The van der Waals surface area contributed by atoms with Crippen molar-refractivity contribution in [3.63, 3.8) is 0 Å². The normalized spacial score (nSPS) is 23.9. The second-order valence-electron chi connectivity index (χ2n) is 6.83. The van der Waals surface area contributed by atoms with E-state index in [9.17, 15) is 4.79 Å². The van der Waals surface area contributed by atoms with Gasteiger partial charge in [0.2, 0.25) is 0 Å². The van der Waals surface area contributed by atoms with Gasteiger partial charge in [-0.2, -0.15) is 0 Å². The molecule has 2 aliphatic rings. The fourth-order valence-corrected chi connectivity index (χ4v) is 3.33. The third kappa shape index (κ3) is 4.10. The zero-order chi connectivity index (χ0) is 16.2. The number of amides is 1. The molecule has 0 saturated carbocycles. The summed E-state index contributed by atoms with van der Waals surface area (Å²) in [6.07, 6.45) is 0. The molecule has 5 nitrogen and oxygen atoms in total. The van der Waals surface area contributed by atoms with E-state index in [2.05, 4.69) is 41.2 Å². The lowest BCUT2D eigenvalue weighted by molar-refractivity contribution is 0.0655. The molecule has 126 valence electrons. The number of hydrogen-bond donors (Lipinski definition) is 1. The minimum Gasteiger partial charge on any atom is -0.333 e. The lowest BCUT2D eigenvalue weighted by Crippen LogP contribution is -2.52. The van der Waals surface area contributed by atoms with Crippen molar-refractivity contribution in [3.05, 3.63) is 35.4 Å². The molecular weight excluding hydrogens is 288 g/mol. The molecule has 2 saturated heterocycles. The van der Waals surface area contributed by atoms with Gasteiger partial charge < -0.3 is 15.1 Å². The van der Waals surface area contributed by atoms with Gasteiger partial charge in [0.1, 0.15) is 0 Å². The van der Waals surface area contributed by atoms with Crippen LogP contribution in [0.4, 0.5) is 0 Å². The monoisotopic (exact) mass is 316 g/mol. The molecule has 0 aromatic heterocycles. The maximum Gasteiger partial charge on any atom is 0.254 e. The van der Waals surface area contributed by atoms with Gasteiger partial charge in [0, 0.05) is 64.0 Å². The highest BCUT2D eigenvalue weighted by atomic mass is 16.2. The van der Waals surface area contributed by atoms with Gasteiger partial charge in [-0.15, -0.1) is 0 Å². The van der Waals surface area contributed by atoms with Gasteiger partial charge in [-0.3, -0.25) is 9.69 Å². The van der Waals surface area contributed by atoms with Crippen LogP contribution in [-0.2, 0) is 6.54 Å². The zero-order valence-electron chi connectivity index (χ0n) is 14.3. The van der Waals surface area contributed by atoms with Crippen molar-refractivity contribution in [2.75, 3.05) is 52.9 Å².